The van der Waals surface area contributed by atoms with Crippen LogP contribution in [0.1, 0.15) is 11.1 Å². The molecule has 0 aromatic heterocycles. The zero-order chi connectivity index (χ0) is 12.4. The number of halogens is 1. The van der Waals surface area contributed by atoms with Crippen molar-refractivity contribution >= 4 is 28.7 Å². The molecule has 0 unspecified atom stereocenters. The molecule has 0 amide bonds. The van der Waals surface area contributed by atoms with Crippen molar-refractivity contribution in [2.45, 2.75) is 13.8 Å². The summed E-state index contributed by atoms with van der Waals surface area (Å²) in [5, 5.41) is 3.92. The molecule has 3 N–H and O–H groups in total. The fourth-order valence-corrected chi connectivity index (χ4v) is 1.91. The maximum Gasteiger partial charge on any atom is 0.0807 e. The standard InChI is InChI=1S/C14H15ClN2/c1-9-6-7-10(2)13(8-9)17-14-11(15)4-3-5-12(14)16/h3-8,17H,16H2,1-2H3. The number of anilines is 3. The smallest absolute Gasteiger partial charge is 0.0807 e. The number of hydrogen-bond donors (Lipinski definition) is 2. The van der Waals surface area contributed by atoms with Gasteiger partial charge in [-0.3, -0.25) is 0 Å². The number of nitrogens with one attached hydrogen (secondary N) is 1. The molecular formula is C14H15ClN2. The molecule has 0 aliphatic rings. The Hall–Kier alpha value is -1.67. The number of nitrogens with two attached hydrogens (primary N) is 1. The summed E-state index contributed by atoms with van der Waals surface area (Å²) >= 11 is 6.13. The predicted molar refractivity (Wildman–Crippen MR) is 75.1 cm³/mol. The molecule has 2 nitrogen and oxygen atoms in total. The first-order valence-electron chi connectivity index (χ1n) is 5.46. The summed E-state index contributed by atoms with van der Waals surface area (Å²) in [5.74, 6) is 0. The fraction of sp³-hybridized carbons (Fsp3) is 0.143. The molecule has 0 bridgehead atoms. The van der Waals surface area contributed by atoms with E-state index in [2.05, 4.69) is 37.4 Å². The molecule has 0 heterocycles. The van der Waals surface area contributed by atoms with E-state index in [4.69, 9.17) is 17.3 Å². The van der Waals surface area contributed by atoms with Crippen molar-refractivity contribution in [2.75, 3.05) is 11.1 Å². The average molecular weight is 247 g/mol. The quantitative estimate of drug-likeness (QED) is 0.776. The van der Waals surface area contributed by atoms with Crippen LogP contribution in [0, 0.1) is 13.8 Å². The van der Waals surface area contributed by atoms with Crippen LogP contribution in [0.15, 0.2) is 36.4 Å². The highest BCUT2D eigenvalue weighted by Crippen LogP contribution is 2.32. The van der Waals surface area contributed by atoms with Crippen molar-refractivity contribution < 1.29 is 0 Å². The van der Waals surface area contributed by atoms with E-state index < -0.39 is 0 Å². The third kappa shape index (κ3) is 2.53. The highest BCUT2D eigenvalue weighted by atomic mass is 35.5. The van der Waals surface area contributed by atoms with Gasteiger partial charge in [-0.25, -0.2) is 0 Å². The molecule has 0 fully saturated rings. The molecule has 3 heteroatoms. The minimum Gasteiger partial charge on any atom is -0.397 e. The number of aryl methyl sites for hydroxylation is 2. The van der Waals surface area contributed by atoms with Crippen LogP contribution in [0.2, 0.25) is 5.02 Å². The number of para-hydroxylation sites is 1. The van der Waals surface area contributed by atoms with Gasteiger partial charge in [0.05, 0.1) is 16.4 Å². The molecule has 0 atom stereocenters. The second kappa shape index (κ2) is 4.68. The van der Waals surface area contributed by atoms with Crippen LogP contribution < -0.4 is 11.1 Å². The molecule has 2 aromatic rings. The Morgan fingerprint density at radius 3 is 2.59 bits per heavy atom. The molecule has 17 heavy (non-hydrogen) atoms. The molecule has 0 aliphatic heterocycles. The van der Waals surface area contributed by atoms with Gasteiger partial charge >= 0.3 is 0 Å². The topological polar surface area (TPSA) is 38.0 Å². The van der Waals surface area contributed by atoms with Gasteiger partial charge in [-0.1, -0.05) is 29.8 Å². The second-order valence-electron chi connectivity index (χ2n) is 4.15. The summed E-state index contributed by atoms with van der Waals surface area (Å²) in [5.41, 5.74) is 10.7. The van der Waals surface area contributed by atoms with E-state index in [0.29, 0.717) is 10.7 Å². The van der Waals surface area contributed by atoms with Crippen molar-refractivity contribution in [3.63, 3.8) is 0 Å². The third-order valence-electron chi connectivity index (χ3n) is 2.70. The number of benzene rings is 2. The van der Waals surface area contributed by atoms with E-state index in [1.165, 1.54) is 5.56 Å². The monoisotopic (exact) mass is 246 g/mol. The molecule has 0 saturated heterocycles. The Balaban J connectivity index is 2.41. The van der Waals surface area contributed by atoms with Gasteiger partial charge in [-0.15, -0.1) is 0 Å². The summed E-state index contributed by atoms with van der Waals surface area (Å²) in [4.78, 5) is 0. The van der Waals surface area contributed by atoms with Gasteiger partial charge in [0.25, 0.3) is 0 Å². The normalized spacial score (nSPS) is 10.3. The van der Waals surface area contributed by atoms with E-state index in [1.54, 1.807) is 0 Å². The predicted octanol–water partition coefficient (Wildman–Crippen LogP) is 4.28. The van der Waals surface area contributed by atoms with E-state index in [9.17, 15) is 0 Å². The average Bonchev–Trinajstić information content (AvgIpc) is 2.28. The Bertz CT molecular complexity index is 530. The number of rotatable bonds is 2. The summed E-state index contributed by atoms with van der Waals surface area (Å²) < 4.78 is 0. The molecule has 0 saturated carbocycles. The first-order valence-corrected chi connectivity index (χ1v) is 5.84. The molecule has 0 spiro atoms. The van der Waals surface area contributed by atoms with Gasteiger partial charge in [0.1, 0.15) is 0 Å². The van der Waals surface area contributed by atoms with Gasteiger partial charge in [0, 0.05) is 5.69 Å². The lowest BCUT2D eigenvalue weighted by Crippen LogP contribution is -1.98. The van der Waals surface area contributed by atoms with Gasteiger partial charge in [-0.2, -0.15) is 0 Å². The van der Waals surface area contributed by atoms with Gasteiger partial charge in [0.2, 0.25) is 0 Å². The van der Waals surface area contributed by atoms with Crippen molar-refractivity contribution in [1.29, 1.82) is 0 Å². The Kier molecular flexibility index (Phi) is 3.25. The van der Waals surface area contributed by atoms with Gasteiger partial charge < -0.3 is 11.1 Å². The van der Waals surface area contributed by atoms with Crippen LogP contribution in [-0.2, 0) is 0 Å². The van der Waals surface area contributed by atoms with Crippen LogP contribution in [-0.4, -0.2) is 0 Å². The zero-order valence-corrected chi connectivity index (χ0v) is 10.7. The maximum atomic E-state index is 6.13. The lowest BCUT2D eigenvalue weighted by Gasteiger charge is -2.13. The summed E-state index contributed by atoms with van der Waals surface area (Å²) in [7, 11) is 0. The van der Waals surface area contributed by atoms with Crippen LogP contribution in [0.5, 0.6) is 0 Å². The van der Waals surface area contributed by atoms with E-state index in [-0.39, 0.29) is 0 Å². The van der Waals surface area contributed by atoms with Crippen LogP contribution in [0.3, 0.4) is 0 Å². The molecule has 0 radical (unpaired) electrons. The molecule has 2 rings (SSSR count). The highest BCUT2D eigenvalue weighted by Gasteiger charge is 2.06. The zero-order valence-electron chi connectivity index (χ0n) is 9.92. The highest BCUT2D eigenvalue weighted by molar-refractivity contribution is 6.34. The number of hydrogen-bond acceptors (Lipinski definition) is 2. The summed E-state index contributed by atoms with van der Waals surface area (Å²) in [6.45, 7) is 4.11. The van der Waals surface area contributed by atoms with E-state index in [0.717, 1.165) is 16.9 Å². The Morgan fingerprint density at radius 2 is 1.88 bits per heavy atom. The lowest BCUT2D eigenvalue weighted by molar-refractivity contribution is 1.38. The van der Waals surface area contributed by atoms with E-state index in [1.807, 2.05) is 18.2 Å². The largest absolute Gasteiger partial charge is 0.397 e. The van der Waals surface area contributed by atoms with E-state index >= 15 is 0 Å². The Labute approximate surface area is 106 Å². The molecule has 88 valence electrons. The first kappa shape index (κ1) is 11.8. The molecule has 0 aliphatic carbocycles. The fourth-order valence-electron chi connectivity index (χ4n) is 1.68. The van der Waals surface area contributed by atoms with Crippen LogP contribution in [0.4, 0.5) is 17.1 Å². The minimum absolute atomic E-state index is 0.630. The lowest BCUT2D eigenvalue weighted by atomic mass is 10.1. The Morgan fingerprint density at radius 1 is 1.12 bits per heavy atom. The molecular weight excluding hydrogens is 232 g/mol. The first-order chi connectivity index (χ1) is 8.08. The minimum atomic E-state index is 0.630. The molecule has 2 aromatic carbocycles. The SMILES string of the molecule is Cc1ccc(C)c(Nc2c(N)cccc2Cl)c1. The van der Waals surface area contributed by atoms with Crippen LogP contribution in [0.25, 0.3) is 0 Å². The van der Waals surface area contributed by atoms with Crippen molar-refractivity contribution in [1.82, 2.24) is 0 Å². The van der Waals surface area contributed by atoms with Crippen molar-refractivity contribution in [3.8, 4) is 0 Å². The second-order valence-corrected chi connectivity index (χ2v) is 4.55. The van der Waals surface area contributed by atoms with Crippen molar-refractivity contribution in [2.24, 2.45) is 0 Å². The summed E-state index contributed by atoms with van der Waals surface area (Å²) in [6.07, 6.45) is 0. The van der Waals surface area contributed by atoms with Gasteiger partial charge in [0.15, 0.2) is 0 Å². The van der Waals surface area contributed by atoms with Crippen LogP contribution >= 0.6 is 11.6 Å². The number of nitrogen functional groups attached to an aromatic ring is 1. The summed E-state index contributed by atoms with van der Waals surface area (Å²) in [6, 6.07) is 11.7. The van der Waals surface area contributed by atoms with Gasteiger partial charge in [-0.05, 0) is 43.2 Å². The maximum absolute atomic E-state index is 6.13. The third-order valence-corrected chi connectivity index (χ3v) is 3.01. The van der Waals surface area contributed by atoms with Crippen molar-refractivity contribution in [3.05, 3.63) is 52.5 Å².